The van der Waals surface area contributed by atoms with Crippen LogP contribution in [0.25, 0.3) is 11.3 Å². The quantitative estimate of drug-likeness (QED) is 0.417. The van der Waals surface area contributed by atoms with Crippen LogP contribution in [0, 0.1) is 0 Å². The van der Waals surface area contributed by atoms with E-state index in [2.05, 4.69) is 25.6 Å². The van der Waals surface area contributed by atoms with Crippen molar-refractivity contribution in [1.29, 1.82) is 0 Å². The summed E-state index contributed by atoms with van der Waals surface area (Å²) < 4.78 is 0. The van der Waals surface area contributed by atoms with Gasteiger partial charge in [0.15, 0.2) is 5.71 Å². The van der Waals surface area contributed by atoms with Gasteiger partial charge in [0.2, 0.25) is 10.3 Å². The highest BCUT2D eigenvalue weighted by molar-refractivity contribution is 7.15. The number of hydrogen-bond donors (Lipinski definition) is 1. The number of aromatic nitrogens is 2. The normalized spacial score (nSPS) is 16.4. The molecule has 7 nitrogen and oxygen atoms in total. The number of thiazole rings is 2. The fraction of sp³-hybridized carbons (Fsp3) is 0.125. The third kappa shape index (κ3) is 3.75. The maximum Gasteiger partial charge on any atom is 0.303 e. The smallest absolute Gasteiger partial charge is 0.265 e. The van der Waals surface area contributed by atoms with Crippen LogP contribution in [0.3, 0.4) is 0 Å². The molecule has 0 atom stereocenters. The molecular formula is C24H18N6OS2. The molecule has 2 aromatic heterocycles. The van der Waals surface area contributed by atoms with Crippen LogP contribution < -0.4 is 10.4 Å². The van der Waals surface area contributed by atoms with E-state index < -0.39 is 0 Å². The molecule has 0 saturated carbocycles. The van der Waals surface area contributed by atoms with Crippen molar-refractivity contribution in [2.75, 3.05) is 10.4 Å². The number of nitrogens with zero attached hydrogens (tertiary/aromatic N) is 5. The summed E-state index contributed by atoms with van der Waals surface area (Å²) in [5, 5.41) is 13.5. The third-order valence-electron chi connectivity index (χ3n) is 5.47. The molecular weight excluding hydrogens is 452 g/mol. The lowest BCUT2D eigenvalue weighted by molar-refractivity contribution is -0.112. The molecule has 6 rings (SSSR count). The van der Waals surface area contributed by atoms with Gasteiger partial charge in [0.25, 0.3) is 0 Å². The van der Waals surface area contributed by atoms with Crippen LogP contribution in [0.15, 0.2) is 76.2 Å². The van der Waals surface area contributed by atoms with Crippen LogP contribution in [0.5, 0.6) is 0 Å². The lowest BCUT2D eigenvalue weighted by Crippen LogP contribution is -2.28. The Hall–Kier alpha value is -3.69. The maximum absolute atomic E-state index is 13.4. The van der Waals surface area contributed by atoms with Crippen LogP contribution in [-0.4, -0.2) is 27.3 Å². The summed E-state index contributed by atoms with van der Waals surface area (Å²) in [7, 11) is 0. The fourth-order valence-electron chi connectivity index (χ4n) is 3.86. The first-order valence-corrected chi connectivity index (χ1v) is 12.3. The minimum atomic E-state index is -0.320. The number of anilines is 2. The van der Waals surface area contributed by atoms with Crippen molar-refractivity contribution < 1.29 is 4.79 Å². The van der Waals surface area contributed by atoms with Crippen LogP contribution in [0.4, 0.5) is 10.3 Å². The van der Waals surface area contributed by atoms with Crippen molar-refractivity contribution in [1.82, 2.24) is 9.97 Å². The van der Waals surface area contributed by atoms with E-state index in [1.54, 1.807) is 11.3 Å². The van der Waals surface area contributed by atoms with E-state index >= 15 is 0 Å². The van der Waals surface area contributed by atoms with Crippen molar-refractivity contribution in [2.45, 2.75) is 19.3 Å². The molecule has 0 radical (unpaired) electrons. The largest absolute Gasteiger partial charge is 0.303 e. The summed E-state index contributed by atoms with van der Waals surface area (Å²) in [5.74, 6) is -0.320. The Balaban J connectivity index is 1.34. The van der Waals surface area contributed by atoms with Gasteiger partial charge in [-0.3, -0.25) is 10.2 Å². The summed E-state index contributed by atoms with van der Waals surface area (Å²) >= 11 is 2.97. The lowest BCUT2D eigenvalue weighted by atomic mass is 10.1. The van der Waals surface area contributed by atoms with Gasteiger partial charge in [0, 0.05) is 21.4 Å². The zero-order valence-electron chi connectivity index (χ0n) is 17.4. The van der Waals surface area contributed by atoms with E-state index in [1.807, 2.05) is 66.0 Å². The van der Waals surface area contributed by atoms with E-state index in [4.69, 9.17) is 0 Å². The topological polar surface area (TPSA) is 82.8 Å². The molecule has 0 spiro atoms. The predicted molar refractivity (Wildman–Crippen MR) is 133 cm³/mol. The first kappa shape index (κ1) is 20.0. The van der Waals surface area contributed by atoms with E-state index in [1.165, 1.54) is 21.2 Å². The molecule has 1 N–H and O–H groups in total. The van der Waals surface area contributed by atoms with Crippen LogP contribution in [0.2, 0.25) is 0 Å². The molecule has 1 aliphatic heterocycles. The van der Waals surface area contributed by atoms with Gasteiger partial charge in [-0.1, -0.05) is 60.7 Å². The number of fused-ring (bicyclic) bond motifs is 1. The van der Waals surface area contributed by atoms with Gasteiger partial charge >= 0.3 is 5.91 Å². The summed E-state index contributed by atoms with van der Waals surface area (Å²) in [6.07, 6.45) is 3.21. The SMILES string of the molecule is O=C1/C(=N\Nc2nc3c(s2)CCC3)C(c2ccccc2)=NN1c1nc(-c2ccccc2)cs1. The number of benzene rings is 2. The predicted octanol–water partition coefficient (Wildman–Crippen LogP) is 4.97. The second kappa shape index (κ2) is 8.34. The molecule has 3 heterocycles. The van der Waals surface area contributed by atoms with E-state index in [-0.39, 0.29) is 11.6 Å². The number of carbonyl (C=O) groups is 1. The molecule has 9 heteroatoms. The fourth-order valence-corrected chi connectivity index (χ4v) is 5.63. The number of rotatable bonds is 5. The lowest BCUT2D eigenvalue weighted by Gasteiger charge is -2.06. The second-order valence-corrected chi connectivity index (χ2v) is 9.55. The molecule has 0 bridgehead atoms. The van der Waals surface area contributed by atoms with Crippen molar-refractivity contribution in [3.8, 4) is 11.3 Å². The van der Waals surface area contributed by atoms with Crippen molar-refractivity contribution in [3.63, 3.8) is 0 Å². The Bertz CT molecular complexity index is 1370. The zero-order valence-corrected chi connectivity index (χ0v) is 19.1. The first-order valence-electron chi connectivity index (χ1n) is 10.6. The van der Waals surface area contributed by atoms with Crippen molar-refractivity contribution >= 4 is 50.3 Å². The van der Waals surface area contributed by atoms with Crippen LogP contribution in [-0.2, 0) is 17.6 Å². The Morgan fingerprint density at radius 2 is 1.70 bits per heavy atom. The molecule has 0 unspecified atom stereocenters. The Morgan fingerprint density at radius 1 is 0.939 bits per heavy atom. The minimum absolute atomic E-state index is 0.244. The highest BCUT2D eigenvalue weighted by atomic mass is 32.1. The van der Waals surface area contributed by atoms with E-state index in [0.717, 1.165) is 41.8 Å². The summed E-state index contributed by atoms with van der Waals surface area (Å²) in [5.41, 5.74) is 7.50. The number of hydrogen-bond acceptors (Lipinski definition) is 8. The number of hydrazone groups is 2. The number of carbonyl (C=O) groups excluding carboxylic acids is 1. The van der Waals surface area contributed by atoms with Gasteiger partial charge < -0.3 is 0 Å². The Labute approximate surface area is 198 Å². The Kier molecular flexibility index (Phi) is 5.04. The van der Waals surface area contributed by atoms with Crippen LogP contribution >= 0.6 is 22.7 Å². The molecule has 2 aromatic carbocycles. The summed E-state index contributed by atoms with van der Waals surface area (Å²) in [6.45, 7) is 0. The molecule has 0 saturated heterocycles. The maximum atomic E-state index is 13.4. The summed E-state index contributed by atoms with van der Waals surface area (Å²) in [4.78, 5) is 24.0. The third-order valence-corrected chi connectivity index (χ3v) is 7.35. The minimum Gasteiger partial charge on any atom is -0.265 e. The standard InChI is InChI=1S/C24H18N6OS2/c31-22-21(27-28-23-25-17-12-7-13-19(17)33-23)20(16-10-5-2-6-11-16)29-30(22)24-26-18(14-32-24)15-8-3-1-4-9-15/h1-6,8-11,14H,7,12-13H2,(H,25,28)/b27-21-. The highest BCUT2D eigenvalue weighted by Crippen LogP contribution is 2.32. The van der Waals surface area contributed by atoms with Gasteiger partial charge in [0.1, 0.15) is 5.71 Å². The molecule has 162 valence electrons. The van der Waals surface area contributed by atoms with Crippen LogP contribution in [0.1, 0.15) is 22.6 Å². The van der Waals surface area contributed by atoms with Gasteiger partial charge in [-0.2, -0.15) is 15.2 Å². The number of aryl methyl sites for hydroxylation is 2. The van der Waals surface area contributed by atoms with Gasteiger partial charge in [-0.15, -0.1) is 22.7 Å². The number of amides is 1. The average Bonchev–Trinajstić information content (AvgIpc) is 3.62. The molecule has 2 aliphatic rings. The van der Waals surface area contributed by atoms with Crippen molar-refractivity contribution in [2.24, 2.45) is 10.2 Å². The first-order chi connectivity index (χ1) is 16.3. The highest BCUT2D eigenvalue weighted by Gasteiger charge is 2.36. The molecule has 1 aliphatic carbocycles. The molecule has 4 aromatic rings. The second-order valence-electron chi connectivity index (χ2n) is 7.63. The molecule has 1 amide bonds. The number of nitrogens with one attached hydrogen (secondary N) is 1. The van der Waals surface area contributed by atoms with Gasteiger partial charge in [-0.05, 0) is 19.3 Å². The van der Waals surface area contributed by atoms with Crippen molar-refractivity contribution in [3.05, 3.63) is 82.2 Å². The van der Waals surface area contributed by atoms with Gasteiger partial charge in [-0.25, -0.2) is 9.97 Å². The van der Waals surface area contributed by atoms with E-state index in [0.29, 0.717) is 16.0 Å². The van der Waals surface area contributed by atoms with Gasteiger partial charge in [0.05, 0.1) is 11.4 Å². The summed E-state index contributed by atoms with van der Waals surface area (Å²) in [6, 6.07) is 19.5. The average molecular weight is 471 g/mol. The monoisotopic (exact) mass is 470 g/mol. The molecule has 33 heavy (non-hydrogen) atoms. The van der Waals surface area contributed by atoms with E-state index in [9.17, 15) is 4.79 Å². The zero-order chi connectivity index (χ0) is 22.2. The molecule has 0 fully saturated rings. The Morgan fingerprint density at radius 3 is 2.45 bits per heavy atom.